The molecule has 0 saturated carbocycles. The summed E-state index contributed by atoms with van der Waals surface area (Å²) >= 11 is 1.87. The van der Waals surface area contributed by atoms with Crippen molar-refractivity contribution in [1.82, 2.24) is 5.43 Å². The number of hydrogen-bond donors (Lipinski definition) is 2. The number of carbonyl (C=O) groups is 1. The van der Waals surface area contributed by atoms with Crippen molar-refractivity contribution < 1.29 is 9.53 Å². The van der Waals surface area contributed by atoms with Crippen molar-refractivity contribution in [2.24, 2.45) is 11.8 Å². The molecular weight excluding hydrogens is 248 g/mol. The monoisotopic (exact) mass is 268 g/mol. The fourth-order valence-electron chi connectivity index (χ4n) is 1.35. The Labute approximate surface area is 112 Å². The van der Waals surface area contributed by atoms with E-state index in [4.69, 9.17) is 10.6 Å². The molecule has 0 spiro atoms. The van der Waals surface area contributed by atoms with Gasteiger partial charge >= 0.3 is 0 Å². The number of hydrazine groups is 1. The Balaban J connectivity index is 2.36. The molecule has 0 bridgehead atoms. The van der Waals surface area contributed by atoms with Crippen molar-refractivity contribution in [3.05, 3.63) is 29.8 Å². The molecular formula is C13H20N2O2S. The smallest absolute Gasteiger partial charge is 0.265 e. The van der Waals surface area contributed by atoms with Crippen LogP contribution in [-0.2, 0) is 0 Å². The zero-order chi connectivity index (χ0) is 13.4. The second-order valence-electron chi connectivity index (χ2n) is 4.32. The van der Waals surface area contributed by atoms with E-state index in [2.05, 4.69) is 19.3 Å². The third-order valence-corrected chi connectivity index (χ3v) is 3.53. The Bertz CT molecular complexity index is 383. The third-order valence-electron chi connectivity index (χ3n) is 2.17. The van der Waals surface area contributed by atoms with Crippen LogP contribution < -0.4 is 16.0 Å². The molecule has 0 saturated heterocycles. The molecule has 0 aliphatic heterocycles. The minimum Gasteiger partial charge on any atom is -0.493 e. The Morgan fingerprint density at radius 1 is 1.50 bits per heavy atom. The molecule has 0 atom stereocenters. The number of carbonyl (C=O) groups excluding carboxylic acids is 1. The number of benzene rings is 1. The molecule has 4 nitrogen and oxygen atoms in total. The summed E-state index contributed by atoms with van der Waals surface area (Å²) in [5.74, 6) is 8.25. The Morgan fingerprint density at radius 2 is 2.28 bits per heavy atom. The second-order valence-corrected chi connectivity index (χ2v) is 5.47. The van der Waals surface area contributed by atoms with Crippen LogP contribution in [0.4, 0.5) is 0 Å². The summed E-state index contributed by atoms with van der Waals surface area (Å²) in [5, 5.41) is 0. The quantitative estimate of drug-likeness (QED) is 0.344. The van der Waals surface area contributed by atoms with Crippen LogP contribution in [0.3, 0.4) is 0 Å². The number of nitrogens with one attached hydrogen (secondary N) is 1. The van der Waals surface area contributed by atoms with E-state index in [-0.39, 0.29) is 5.91 Å². The van der Waals surface area contributed by atoms with E-state index in [1.807, 2.05) is 17.8 Å². The van der Waals surface area contributed by atoms with Crippen LogP contribution in [0.15, 0.2) is 24.3 Å². The summed E-state index contributed by atoms with van der Waals surface area (Å²) in [5.41, 5.74) is 2.60. The van der Waals surface area contributed by atoms with Crippen LogP contribution in [0.25, 0.3) is 0 Å². The van der Waals surface area contributed by atoms with E-state index in [1.54, 1.807) is 18.2 Å². The van der Waals surface area contributed by atoms with Gasteiger partial charge in [-0.2, -0.15) is 11.8 Å². The van der Waals surface area contributed by atoms with Gasteiger partial charge in [0.05, 0.1) is 6.61 Å². The highest BCUT2D eigenvalue weighted by molar-refractivity contribution is 7.99. The third kappa shape index (κ3) is 5.42. The summed E-state index contributed by atoms with van der Waals surface area (Å²) in [6.07, 6.45) is 0. The number of amides is 1. The maximum atomic E-state index is 11.3. The summed E-state index contributed by atoms with van der Waals surface area (Å²) in [6.45, 7) is 5.04. The van der Waals surface area contributed by atoms with E-state index in [9.17, 15) is 4.79 Å². The first kappa shape index (κ1) is 14.9. The van der Waals surface area contributed by atoms with E-state index in [1.165, 1.54) is 0 Å². The predicted molar refractivity (Wildman–Crippen MR) is 75.8 cm³/mol. The summed E-state index contributed by atoms with van der Waals surface area (Å²) < 4.78 is 5.58. The van der Waals surface area contributed by atoms with Crippen LogP contribution in [0, 0.1) is 5.92 Å². The van der Waals surface area contributed by atoms with Crippen LogP contribution in [0.5, 0.6) is 5.75 Å². The van der Waals surface area contributed by atoms with Gasteiger partial charge in [-0.3, -0.25) is 10.2 Å². The molecule has 1 aromatic rings. The van der Waals surface area contributed by atoms with Gasteiger partial charge in [0, 0.05) is 11.3 Å². The highest BCUT2D eigenvalue weighted by atomic mass is 32.2. The lowest BCUT2D eigenvalue weighted by Crippen LogP contribution is -2.29. The van der Waals surface area contributed by atoms with Gasteiger partial charge in [-0.25, -0.2) is 5.84 Å². The molecule has 100 valence electrons. The molecule has 3 N–H and O–H groups in total. The zero-order valence-corrected chi connectivity index (χ0v) is 11.6. The molecule has 18 heavy (non-hydrogen) atoms. The summed E-state index contributed by atoms with van der Waals surface area (Å²) in [7, 11) is 0. The lowest BCUT2D eigenvalue weighted by molar-refractivity contribution is 0.0953. The molecule has 0 aromatic heterocycles. The lowest BCUT2D eigenvalue weighted by Gasteiger charge is -2.08. The van der Waals surface area contributed by atoms with Crippen molar-refractivity contribution in [1.29, 1.82) is 0 Å². The Morgan fingerprint density at radius 3 is 2.94 bits per heavy atom. The molecule has 0 heterocycles. The molecule has 1 amide bonds. The lowest BCUT2D eigenvalue weighted by atomic mass is 10.2. The second kappa shape index (κ2) is 8.00. The number of nitrogen functional groups attached to an aromatic ring is 1. The van der Waals surface area contributed by atoms with Crippen LogP contribution in [-0.4, -0.2) is 24.0 Å². The first-order valence-corrected chi connectivity index (χ1v) is 7.10. The molecule has 0 aliphatic rings. The van der Waals surface area contributed by atoms with Gasteiger partial charge in [-0.15, -0.1) is 0 Å². The van der Waals surface area contributed by atoms with Gasteiger partial charge < -0.3 is 4.74 Å². The molecule has 0 fully saturated rings. The molecule has 5 heteroatoms. The van der Waals surface area contributed by atoms with Gasteiger partial charge in [-0.1, -0.05) is 19.9 Å². The Hall–Kier alpha value is -1.20. The average Bonchev–Trinajstić information content (AvgIpc) is 2.37. The maximum Gasteiger partial charge on any atom is 0.265 e. The van der Waals surface area contributed by atoms with Gasteiger partial charge in [0.1, 0.15) is 5.75 Å². The predicted octanol–water partition coefficient (Wildman–Crippen LogP) is 2.06. The standard InChI is InChI=1S/C13H20N2O2S/c1-10(2)9-18-7-6-17-12-5-3-4-11(8-12)13(16)15-14/h3-5,8,10H,6-7,9,14H2,1-2H3,(H,15,16). The molecule has 1 rings (SSSR count). The minimum atomic E-state index is -0.311. The largest absolute Gasteiger partial charge is 0.493 e. The SMILES string of the molecule is CC(C)CSCCOc1cccc(C(=O)NN)c1. The normalized spacial score (nSPS) is 10.4. The number of rotatable bonds is 7. The summed E-state index contributed by atoms with van der Waals surface area (Å²) in [6, 6.07) is 7.00. The van der Waals surface area contributed by atoms with E-state index in [0.717, 1.165) is 11.5 Å². The minimum absolute atomic E-state index is 0.311. The first-order valence-electron chi connectivity index (χ1n) is 5.95. The van der Waals surface area contributed by atoms with E-state index >= 15 is 0 Å². The molecule has 0 aliphatic carbocycles. The van der Waals surface area contributed by atoms with Gasteiger partial charge in [0.2, 0.25) is 0 Å². The number of thioether (sulfide) groups is 1. The van der Waals surface area contributed by atoms with Crippen molar-refractivity contribution in [2.45, 2.75) is 13.8 Å². The van der Waals surface area contributed by atoms with Crippen LogP contribution in [0.1, 0.15) is 24.2 Å². The van der Waals surface area contributed by atoms with Crippen molar-refractivity contribution in [3.63, 3.8) is 0 Å². The zero-order valence-electron chi connectivity index (χ0n) is 10.8. The number of nitrogens with two attached hydrogens (primary N) is 1. The highest BCUT2D eigenvalue weighted by Crippen LogP contribution is 2.14. The fraction of sp³-hybridized carbons (Fsp3) is 0.462. The van der Waals surface area contributed by atoms with Crippen molar-refractivity contribution >= 4 is 17.7 Å². The average molecular weight is 268 g/mol. The number of hydrogen-bond acceptors (Lipinski definition) is 4. The molecule has 0 radical (unpaired) electrons. The maximum absolute atomic E-state index is 11.3. The van der Waals surface area contributed by atoms with Crippen LogP contribution >= 0.6 is 11.8 Å². The topological polar surface area (TPSA) is 64.3 Å². The van der Waals surface area contributed by atoms with Crippen molar-refractivity contribution in [3.8, 4) is 5.75 Å². The fourth-order valence-corrected chi connectivity index (χ4v) is 2.19. The number of ether oxygens (including phenoxy) is 1. The van der Waals surface area contributed by atoms with Crippen molar-refractivity contribution in [2.75, 3.05) is 18.1 Å². The van der Waals surface area contributed by atoms with Crippen LogP contribution in [0.2, 0.25) is 0 Å². The molecule has 0 unspecified atom stereocenters. The van der Waals surface area contributed by atoms with E-state index < -0.39 is 0 Å². The first-order chi connectivity index (χ1) is 8.63. The Kier molecular flexibility index (Phi) is 6.60. The van der Waals surface area contributed by atoms with E-state index in [0.29, 0.717) is 23.8 Å². The molecule has 1 aromatic carbocycles. The summed E-state index contributed by atoms with van der Waals surface area (Å²) in [4.78, 5) is 11.3. The van der Waals surface area contributed by atoms with Gasteiger partial charge in [-0.05, 0) is 29.9 Å². The highest BCUT2D eigenvalue weighted by Gasteiger charge is 2.04. The van der Waals surface area contributed by atoms with Gasteiger partial charge in [0.15, 0.2) is 0 Å². The van der Waals surface area contributed by atoms with Gasteiger partial charge in [0.25, 0.3) is 5.91 Å².